The zero-order valence-electron chi connectivity index (χ0n) is 16.8. The van der Waals surface area contributed by atoms with E-state index in [9.17, 15) is 9.59 Å². The van der Waals surface area contributed by atoms with Crippen molar-refractivity contribution in [3.8, 4) is 11.5 Å². The lowest BCUT2D eigenvalue weighted by atomic mass is 9.97. The molecule has 2 heterocycles. The minimum atomic E-state index is -0.261. The van der Waals surface area contributed by atoms with Gasteiger partial charge in [0.15, 0.2) is 11.5 Å². The minimum Gasteiger partial charge on any atom is -0.493 e. The van der Waals surface area contributed by atoms with Gasteiger partial charge >= 0.3 is 0 Å². The number of amides is 1. The number of hydrogen-bond acceptors (Lipinski definition) is 6. The molecule has 0 saturated heterocycles. The van der Waals surface area contributed by atoms with Crippen LogP contribution in [0, 0.1) is 0 Å². The highest BCUT2D eigenvalue weighted by Crippen LogP contribution is 2.36. The van der Waals surface area contributed by atoms with E-state index in [0.29, 0.717) is 22.2 Å². The fraction of sp³-hybridized carbons (Fsp3) is 0.381. The van der Waals surface area contributed by atoms with Gasteiger partial charge in [-0.05, 0) is 31.2 Å². The molecule has 158 valence electrons. The fourth-order valence-corrected chi connectivity index (χ4v) is 5.15. The van der Waals surface area contributed by atoms with Crippen LogP contribution in [0.25, 0.3) is 10.2 Å². The van der Waals surface area contributed by atoms with E-state index in [1.165, 1.54) is 30.0 Å². The van der Waals surface area contributed by atoms with Crippen LogP contribution in [0.2, 0.25) is 5.02 Å². The maximum Gasteiger partial charge on any atom is 0.262 e. The van der Waals surface area contributed by atoms with Gasteiger partial charge in [-0.15, -0.1) is 11.3 Å². The third-order valence-electron chi connectivity index (χ3n) is 5.27. The minimum absolute atomic E-state index is 0.0728. The molecule has 0 saturated carbocycles. The van der Waals surface area contributed by atoms with Crippen LogP contribution in [0.15, 0.2) is 23.3 Å². The molecule has 0 radical (unpaired) electrons. The number of nitrogens with one attached hydrogen (secondary N) is 1. The number of carbonyl (C=O) groups is 1. The predicted octanol–water partition coefficient (Wildman–Crippen LogP) is 4.04. The van der Waals surface area contributed by atoms with Crippen LogP contribution in [0.3, 0.4) is 0 Å². The van der Waals surface area contributed by atoms with Crippen LogP contribution in [-0.2, 0) is 24.2 Å². The molecule has 4 rings (SSSR count). The van der Waals surface area contributed by atoms with Gasteiger partial charge in [0.05, 0.1) is 36.6 Å². The zero-order valence-corrected chi connectivity index (χ0v) is 18.4. The van der Waals surface area contributed by atoms with E-state index in [4.69, 9.17) is 21.1 Å². The summed E-state index contributed by atoms with van der Waals surface area (Å²) in [5, 5.41) is 3.83. The largest absolute Gasteiger partial charge is 0.493 e. The Morgan fingerprint density at radius 3 is 2.73 bits per heavy atom. The van der Waals surface area contributed by atoms with Crippen LogP contribution in [-0.4, -0.2) is 29.7 Å². The monoisotopic (exact) mass is 447 g/mol. The summed E-state index contributed by atoms with van der Waals surface area (Å²) in [6, 6.07) is 3.19. The van der Waals surface area contributed by atoms with Crippen molar-refractivity contribution in [2.45, 2.75) is 38.6 Å². The number of aromatic nitrogens is 2. The van der Waals surface area contributed by atoms with Gasteiger partial charge in [0.2, 0.25) is 5.91 Å². The average Bonchev–Trinajstić information content (AvgIpc) is 3.13. The molecule has 0 bridgehead atoms. The lowest BCUT2D eigenvalue weighted by Crippen LogP contribution is -2.24. The number of nitrogens with zero attached hydrogens (tertiary/aromatic N) is 2. The average molecular weight is 448 g/mol. The Morgan fingerprint density at radius 2 is 1.97 bits per heavy atom. The first kappa shape index (κ1) is 20.7. The van der Waals surface area contributed by atoms with E-state index in [1.807, 2.05) is 0 Å². The smallest absolute Gasteiger partial charge is 0.262 e. The quantitative estimate of drug-likeness (QED) is 0.616. The summed E-state index contributed by atoms with van der Waals surface area (Å²) in [5.74, 6) is 0.680. The molecule has 0 atom stereocenters. The van der Waals surface area contributed by atoms with Gasteiger partial charge in [-0.25, -0.2) is 4.98 Å². The summed E-state index contributed by atoms with van der Waals surface area (Å²) in [6.45, 7) is 0.239. The highest BCUT2D eigenvalue weighted by atomic mass is 35.5. The Balaban J connectivity index is 1.50. The molecule has 0 spiro atoms. The Hall–Kier alpha value is -2.58. The summed E-state index contributed by atoms with van der Waals surface area (Å²) in [6.07, 6.45) is 5.85. The maximum absolute atomic E-state index is 13.0. The van der Waals surface area contributed by atoms with E-state index in [-0.39, 0.29) is 24.4 Å². The van der Waals surface area contributed by atoms with Crippen molar-refractivity contribution in [3.05, 3.63) is 44.3 Å². The molecule has 3 aromatic rings. The van der Waals surface area contributed by atoms with E-state index < -0.39 is 0 Å². The molecular formula is C21H22ClN3O4S. The van der Waals surface area contributed by atoms with E-state index >= 15 is 0 Å². The van der Waals surface area contributed by atoms with Crippen molar-refractivity contribution in [3.63, 3.8) is 0 Å². The topological polar surface area (TPSA) is 82.5 Å². The molecule has 1 aliphatic carbocycles. The highest BCUT2D eigenvalue weighted by molar-refractivity contribution is 7.18. The Bertz CT molecular complexity index is 1170. The summed E-state index contributed by atoms with van der Waals surface area (Å²) in [5.41, 5.74) is 1.50. The van der Waals surface area contributed by atoms with Crippen molar-refractivity contribution >= 4 is 44.7 Å². The van der Waals surface area contributed by atoms with Gasteiger partial charge in [0, 0.05) is 30.0 Å². The summed E-state index contributed by atoms with van der Waals surface area (Å²) >= 11 is 7.85. The number of benzene rings is 1. The van der Waals surface area contributed by atoms with E-state index in [2.05, 4.69) is 10.3 Å². The van der Waals surface area contributed by atoms with Gasteiger partial charge in [-0.2, -0.15) is 0 Å². The number of hydrogen-bond donors (Lipinski definition) is 1. The van der Waals surface area contributed by atoms with Crippen molar-refractivity contribution in [2.24, 2.45) is 0 Å². The van der Waals surface area contributed by atoms with Crippen molar-refractivity contribution in [1.29, 1.82) is 0 Å². The number of thiophene rings is 1. The number of methoxy groups -OCH3 is 2. The molecular weight excluding hydrogens is 426 g/mol. The Labute approximate surface area is 182 Å². The molecule has 1 aromatic carbocycles. The SMILES string of the molecule is COc1cc(Cl)c(NC(=O)CCn2cnc3sc4c(c3c2=O)CCCC4)cc1OC. The standard InChI is InChI=1S/C21H22ClN3O4S/c1-28-15-9-13(22)14(10-16(15)29-2)24-18(26)7-8-25-11-23-20-19(21(25)27)12-5-3-4-6-17(12)30-20/h9-11H,3-8H2,1-2H3,(H,24,26). The zero-order chi connectivity index (χ0) is 21.3. The lowest BCUT2D eigenvalue weighted by molar-refractivity contribution is -0.116. The van der Waals surface area contributed by atoms with Crippen LogP contribution in [0.4, 0.5) is 5.69 Å². The second-order valence-electron chi connectivity index (χ2n) is 7.12. The molecule has 9 heteroatoms. The molecule has 0 fully saturated rings. The number of aryl methyl sites for hydroxylation is 3. The Kier molecular flexibility index (Phi) is 5.97. The van der Waals surface area contributed by atoms with E-state index in [0.717, 1.165) is 41.5 Å². The van der Waals surface area contributed by atoms with Crippen LogP contribution in [0.1, 0.15) is 29.7 Å². The van der Waals surface area contributed by atoms with Crippen LogP contribution in [0.5, 0.6) is 11.5 Å². The second-order valence-corrected chi connectivity index (χ2v) is 8.61. The molecule has 30 heavy (non-hydrogen) atoms. The number of rotatable bonds is 6. The molecule has 1 amide bonds. The molecule has 2 aromatic heterocycles. The predicted molar refractivity (Wildman–Crippen MR) is 118 cm³/mol. The first-order chi connectivity index (χ1) is 14.5. The van der Waals surface area contributed by atoms with Crippen LogP contribution < -0.4 is 20.3 Å². The Morgan fingerprint density at radius 1 is 1.23 bits per heavy atom. The van der Waals surface area contributed by atoms with Crippen molar-refractivity contribution in [2.75, 3.05) is 19.5 Å². The third-order valence-corrected chi connectivity index (χ3v) is 6.78. The third kappa shape index (κ3) is 3.89. The molecule has 1 N–H and O–H groups in total. The van der Waals surface area contributed by atoms with Crippen molar-refractivity contribution in [1.82, 2.24) is 9.55 Å². The normalized spacial score (nSPS) is 13.2. The summed E-state index contributed by atoms with van der Waals surface area (Å²) in [4.78, 5) is 32.0. The van der Waals surface area contributed by atoms with Gasteiger partial charge in [0.25, 0.3) is 5.56 Å². The number of fused-ring (bicyclic) bond motifs is 3. The highest BCUT2D eigenvalue weighted by Gasteiger charge is 2.20. The van der Waals surface area contributed by atoms with Gasteiger partial charge < -0.3 is 14.8 Å². The number of ether oxygens (including phenoxy) is 2. The molecule has 0 aliphatic heterocycles. The molecule has 1 aliphatic rings. The van der Waals surface area contributed by atoms with Gasteiger partial charge in [-0.1, -0.05) is 11.6 Å². The molecule has 7 nitrogen and oxygen atoms in total. The fourth-order valence-electron chi connectivity index (χ4n) is 3.73. The van der Waals surface area contributed by atoms with Crippen molar-refractivity contribution < 1.29 is 14.3 Å². The summed E-state index contributed by atoms with van der Waals surface area (Å²) < 4.78 is 12.0. The summed E-state index contributed by atoms with van der Waals surface area (Å²) in [7, 11) is 3.02. The first-order valence-corrected chi connectivity index (χ1v) is 10.9. The van der Waals surface area contributed by atoms with Gasteiger partial charge in [-0.3, -0.25) is 14.2 Å². The first-order valence-electron chi connectivity index (χ1n) is 9.73. The van der Waals surface area contributed by atoms with Crippen LogP contribution >= 0.6 is 22.9 Å². The van der Waals surface area contributed by atoms with Gasteiger partial charge in [0.1, 0.15) is 4.83 Å². The number of carbonyl (C=O) groups excluding carboxylic acids is 1. The lowest BCUT2D eigenvalue weighted by Gasteiger charge is -2.13. The molecule has 0 unspecified atom stereocenters. The maximum atomic E-state index is 13.0. The second kappa shape index (κ2) is 8.65. The number of anilines is 1. The number of halogens is 1. The van der Waals surface area contributed by atoms with E-state index in [1.54, 1.807) is 23.5 Å².